The van der Waals surface area contributed by atoms with Crippen molar-refractivity contribution in [1.29, 1.82) is 0 Å². The van der Waals surface area contributed by atoms with E-state index >= 15 is 0 Å². The molecule has 0 atom stereocenters. The standard InChI is InChI=1S/C24H17N3O5/c1-15-26-19-8-4-3-7-18(19)23(28)27(15)25-13-17-6-2-5-9-20(17)32-24(29)16-10-11-21-22(12-16)31-14-30-21/h2-13H,14H2,1H3/b25-13-. The van der Waals surface area contributed by atoms with Crippen LogP contribution >= 0.6 is 0 Å². The third-order valence-electron chi connectivity index (χ3n) is 4.96. The van der Waals surface area contributed by atoms with Gasteiger partial charge in [0.15, 0.2) is 11.5 Å². The van der Waals surface area contributed by atoms with E-state index in [1.807, 2.05) is 6.07 Å². The van der Waals surface area contributed by atoms with Gasteiger partial charge in [0.05, 0.1) is 22.7 Å². The number of nitrogens with zero attached hydrogens (tertiary/aromatic N) is 3. The van der Waals surface area contributed by atoms with Crippen molar-refractivity contribution in [1.82, 2.24) is 9.66 Å². The van der Waals surface area contributed by atoms with Crippen molar-refractivity contribution in [2.45, 2.75) is 6.92 Å². The minimum absolute atomic E-state index is 0.121. The number of esters is 1. The third-order valence-corrected chi connectivity index (χ3v) is 4.96. The Labute approximate surface area is 182 Å². The molecule has 0 amide bonds. The van der Waals surface area contributed by atoms with Gasteiger partial charge in [0.25, 0.3) is 5.56 Å². The first-order valence-electron chi connectivity index (χ1n) is 9.84. The number of hydrogen-bond donors (Lipinski definition) is 0. The summed E-state index contributed by atoms with van der Waals surface area (Å²) in [5, 5.41) is 4.77. The van der Waals surface area contributed by atoms with Crippen LogP contribution in [0.2, 0.25) is 0 Å². The number of carbonyl (C=O) groups excluding carboxylic acids is 1. The Morgan fingerprint density at radius 3 is 2.75 bits per heavy atom. The fourth-order valence-corrected chi connectivity index (χ4v) is 3.35. The predicted molar refractivity (Wildman–Crippen MR) is 118 cm³/mol. The lowest BCUT2D eigenvalue weighted by atomic mass is 10.2. The zero-order chi connectivity index (χ0) is 22.1. The van der Waals surface area contributed by atoms with E-state index in [1.54, 1.807) is 67.6 Å². The van der Waals surface area contributed by atoms with Gasteiger partial charge in [-0.25, -0.2) is 9.78 Å². The average molecular weight is 427 g/mol. The van der Waals surface area contributed by atoms with E-state index in [-0.39, 0.29) is 12.4 Å². The van der Waals surface area contributed by atoms with E-state index in [9.17, 15) is 9.59 Å². The summed E-state index contributed by atoms with van der Waals surface area (Å²) in [4.78, 5) is 29.9. The van der Waals surface area contributed by atoms with Crippen LogP contribution < -0.4 is 19.8 Å². The summed E-state index contributed by atoms with van der Waals surface area (Å²) < 4.78 is 17.4. The van der Waals surface area contributed by atoms with Crippen molar-refractivity contribution < 1.29 is 19.0 Å². The first-order valence-corrected chi connectivity index (χ1v) is 9.84. The van der Waals surface area contributed by atoms with Crippen LogP contribution in [0, 0.1) is 6.92 Å². The molecule has 8 heteroatoms. The Kier molecular flexibility index (Phi) is 4.87. The molecule has 1 aliphatic rings. The van der Waals surface area contributed by atoms with Crippen LogP contribution in [0.1, 0.15) is 21.7 Å². The highest BCUT2D eigenvalue weighted by Crippen LogP contribution is 2.33. The molecule has 5 rings (SSSR count). The van der Waals surface area contributed by atoms with Crippen molar-refractivity contribution >= 4 is 23.1 Å². The van der Waals surface area contributed by atoms with E-state index in [0.717, 1.165) is 0 Å². The highest BCUT2D eigenvalue weighted by atomic mass is 16.7. The van der Waals surface area contributed by atoms with Gasteiger partial charge in [-0.05, 0) is 49.4 Å². The molecule has 0 N–H and O–H groups in total. The Hall–Kier alpha value is -4.46. The maximum absolute atomic E-state index is 12.8. The highest BCUT2D eigenvalue weighted by molar-refractivity contribution is 5.93. The van der Waals surface area contributed by atoms with E-state index in [4.69, 9.17) is 14.2 Å². The molecule has 0 spiro atoms. The van der Waals surface area contributed by atoms with Crippen LogP contribution in [0.15, 0.2) is 76.6 Å². The number of carbonyl (C=O) groups is 1. The number of para-hydroxylation sites is 2. The number of aromatic nitrogens is 2. The Balaban J connectivity index is 1.44. The van der Waals surface area contributed by atoms with Gasteiger partial charge >= 0.3 is 5.97 Å². The molecule has 0 saturated carbocycles. The molecule has 1 aromatic heterocycles. The van der Waals surface area contributed by atoms with Crippen LogP contribution in [0.25, 0.3) is 10.9 Å². The van der Waals surface area contributed by atoms with Crippen molar-refractivity contribution in [3.05, 3.63) is 94.0 Å². The molecule has 32 heavy (non-hydrogen) atoms. The van der Waals surface area contributed by atoms with Gasteiger partial charge in [0.2, 0.25) is 6.79 Å². The number of rotatable bonds is 4. The third kappa shape index (κ3) is 3.58. The van der Waals surface area contributed by atoms with Crippen molar-refractivity contribution in [2.75, 3.05) is 6.79 Å². The van der Waals surface area contributed by atoms with Gasteiger partial charge in [-0.2, -0.15) is 9.78 Å². The van der Waals surface area contributed by atoms with E-state index in [2.05, 4.69) is 10.1 Å². The summed E-state index contributed by atoms with van der Waals surface area (Å²) in [7, 11) is 0. The van der Waals surface area contributed by atoms with Gasteiger partial charge in [0, 0.05) is 5.56 Å². The monoisotopic (exact) mass is 427 g/mol. The number of ether oxygens (including phenoxy) is 3. The lowest BCUT2D eigenvalue weighted by molar-refractivity contribution is 0.0734. The zero-order valence-corrected chi connectivity index (χ0v) is 17.0. The summed E-state index contributed by atoms with van der Waals surface area (Å²) in [6.45, 7) is 1.83. The first-order chi connectivity index (χ1) is 15.6. The second-order valence-electron chi connectivity index (χ2n) is 7.03. The highest BCUT2D eigenvalue weighted by Gasteiger charge is 2.18. The molecule has 0 radical (unpaired) electrons. The van der Waals surface area contributed by atoms with Crippen LogP contribution in [-0.2, 0) is 0 Å². The minimum atomic E-state index is -0.551. The van der Waals surface area contributed by atoms with E-state index in [1.165, 1.54) is 10.9 Å². The number of fused-ring (bicyclic) bond motifs is 2. The molecular weight excluding hydrogens is 410 g/mol. The van der Waals surface area contributed by atoms with Gasteiger partial charge in [-0.3, -0.25) is 4.79 Å². The molecule has 2 heterocycles. The number of aryl methyl sites for hydroxylation is 1. The molecule has 0 saturated heterocycles. The van der Waals surface area contributed by atoms with Gasteiger partial charge in [0.1, 0.15) is 11.6 Å². The molecule has 158 valence electrons. The molecular formula is C24H17N3O5. The topological polar surface area (TPSA) is 92.0 Å². The summed E-state index contributed by atoms with van der Waals surface area (Å²) >= 11 is 0. The van der Waals surface area contributed by atoms with Crippen LogP contribution in [0.5, 0.6) is 17.2 Å². The SMILES string of the molecule is Cc1nc2ccccc2c(=O)n1/N=C\c1ccccc1OC(=O)c1ccc2c(c1)OCO2. The number of hydrogen-bond acceptors (Lipinski definition) is 7. The molecule has 0 fully saturated rings. The van der Waals surface area contributed by atoms with E-state index < -0.39 is 5.97 Å². The molecule has 0 aliphatic carbocycles. The van der Waals surface area contributed by atoms with Gasteiger partial charge in [-0.15, -0.1) is 0 Å². The fourth-order valence-electron chi connectivity index (χ4n) is 3.35. The summed E-state index contributed by atoms with van der Waals surface area (Å²) in [6.07, 6.45) is 1.47. The molecule has 3 aromatic carbocycles. The molecule has 8 nitrogen and oxygen atoms in total. The van der Waals surface area contributed by atoms with Crippen LogP contribution in [0.4, 0.5) is 0 Å². The lowest BCUT2D eigenvalue weighted by Gasteiger charge is -2.08. The first kappa shape index (κ1) is 19.5. The molecule has 0 bridgehead atoms. The summed E-state index contributed by atoms with van der Waals surface area (Å²) in [5.41, 5.74) is 1.19. The second kappa shape index (κ2) is 7.99. The smallest absolute Gasteiger partial charge is 0.343 e. The van der Waals surface area contributed by atoms with E-state index in [0.29, 0.717) is 45.1 Å². The van der Waals surface area contributed by atoms with Gasteiger partial charge in [-0.1, -0.05) is 24.3 Å². The maximum atomic E-state index is 12.8. The van der Waals surface area contributed by atoms with Crippen LogP contribution in [-0.4, -0.2) is 28.6 Å². The molecule has 1 aliphatic heterocycles. The Morgan fingerprint density at radius 1 is 1.06 bits per heavy atom. The molecule has 0 unspecified atom stereocenters. The quantitative estimate of drug-likeness (QED) is 0.281. The number of benzene rings is 3. The van der Waals surface area contributed by atoms with Crippen molar-refractivity contribution in [2.24, 2.45) is 5.10 Å². The second-order valence-corrected chi connectivity index (χ2v) is 7.03. The largest absolute Gasteiger partial charge is 0.454 e. The Bertz CT molecular complexity index is 1440. The minimum Gasteiger partial charge on any atom is -0.454 e. The summed E-state index contributed by atoms with van der Waals surface area (Å²) in [5.74, 6) is 1.27. The average Bonchev–Trinajstić information content (AvgIpc) is 3.28. The van der Waals surface area contributed by atoms with Crippen molar-refractivity contribution in [3.8, 4) is 17.2 Å². The predicted octanol–water partition coefficient (Wildman–Crippen LogP) is 3.54. The zero-order valence-electron chi connectivity index (χ0n) is 17.0. The normalized spacial score (nSPS) is 12.4. The van der Waals surface area contributed by atoms with Crippen molar-refractivity contribution in [3.63, 3.8) is 0 Å². The van der Waals surface area contributed by atoms with Crippen LogP contribution in [0.3, 0.4) is 0 Å². The fraction of sp³-hybridized carbons (Fsp3) is 0.0833. The maximum Gasteiger partial charge on any atom is 0.343 e. The van der Waals surface area contributed by atoms with Gasteiger partial charge < -0.3 is 14.2 Å². The Morgan fingerprint density at radius 2 is 1.84 bits per heavy atom. The lowest BCUT2D eigenvalue weighted by Crippen LogP contribution is -2.20. The summed E-state index contributed by atoms with van der Waals surface area (Å²) in [6, 6.07) is 18.9. The molecule has 4 aromatic rings.